The highest BCUT2D eigenvalue weighted by Crippen LogP contribution is 2.31. The molecule has 1 unspecified atom stereocenters. The van der Waals surface area contributed by atoms with Crippen molar-refractivity contribution in [3.05, 3.63) is 29.8 Å². The molecule has 12 heavy (non-hydrogen) atoms. The molecule has 1 aromatic rings. The fourth-order valence-electron chi connectivity index (χ4n) is 1.36. The summed E-state index contributed by atoms with van der Waals surface area (Å²) in [4.78, 5) is 11.0. The summed E-state index contributed by atoms with van der Waals surface area (Å²) in [5.74, 6) is 0.686. The first kappa shape index (κ1) is 7.17. The van der Waals surface area contributed by atoms with E-state index in [1.807, 2.05) is 6.92 Å². The molecule has 0 radical (unpaired) electrons. The van der Waals surface area contributed by atoms with Crippen LogP contribution >= 0.6 is 0 Å². The zero-order valence-corrected chi connectivity index (χ0v) is 6.76. The molecule has 0 fully saturated rings. The van der Waals surface area contributed by atoms with E-state index in [0.717, 1.165) is 5.56 Å². The molecule has 0 aromatic heterocycles. The van der Waals surface area contributed by atoms with Gasteiger partial charge in [0, 0.05) is 11.5 Å². The van der Waals surface area contributed by atoms with E-state index < -0.39 is 0 Å². The van der Waals surface area contributed by atoms with Gasteiger partial charge >= 0.3 is 5.97 Å². The maximum atomic E-state index is 11.0. The van der Waals surface area contributed by atoms with E-state index in [0.29, 0.717) is 12.2 Å². The Labute approximate surface area is 71.2 Å². The Morgan fingerprint density at radius 1 is 1.67 bits per heavy atom. The Hall–Kier alpha value is -1.49. The molecule has 0 saturated heterocycles. The Kier molecular flexibility index (Phi) is 1.51. The highest BCUT2D eigenvalue weighted by Gasteiger charge is 2.22. The van der Waals surface area contributed by atoms with Crippen LogP contribution in [0.4, 0.5) is 0 Å². The van der Waals surface area contributed by atoms with Crippen molar-refractivity contribution in [1.29, 1.82) is 0 Å². The van der Waals surface area contributed by atoms with Gasteiger partial charge in [0.2, 0.25) is 0 Å². The lowest BCUT2D eigenvalue weighted by atomic mass is 9.96. The van der Waals surface area contributed by atoms with Gasteiger partial charge in [-0.05, 0) is 12.1 Å². The predicted molar refractivity (Wildman–Crippen MR) is 42.8 cm³/mol. The van der Waals surface area contributed by atoms with E-state index in [1.165, 1.54) is 0 Å². The van der Waals surface area contributed by atoms with Gasteiger partial charge in [0.15, 0.2) is 0 Å². The van der Waals surface area contributed by atoms with Gasteiger partial charge in [-0.25, -0.2) is 0 Å². The Bertz CT molecular complexity index is 317. The Balaban J connectivity index is 2.47. The molecule has 1 aliphatic rings. The summed E-state index contributed by atoms with van der Waals surface area (Å²) >= 11 is 0. The van der Waals surface area contributed by atoms with Crippen molar-refractivity contribution >= 4 is 5.97 Å². The van der Waals surface area contributed by atoms with Crippen LogP contribution in [-0.4, -0.2) is 5.97 Å². The lowest BCUT2D eigenvalue weighted by molar-refractivity contribution is -0.135. The Morgan fingerprint density at radius 2 is 2.50 bits per heavy atom. The van der Waals surface area contributed by atoms with Gasteiger partial charge in [-0.15, -0.1) is 0 Å². The smallest absolute Gasteiger partial charge is 0.311 e. The molecule has 0 N–H and O–H groups in total. The van der Waals surface area contributed by atoms with Crippen LogP contribution in [0.5, 0.6) is 5.75 Å². The maximum Gasteiger partial charge on any atom is 0.311 e. The lowest BCUT2D eigenvalue weighted by Crippen LogP contribution is -2.17. The van der Waals surface area contributed by atoms with Crippen molar-refractivity contribution < 1.29 is 9.53 Å². The summed E-state index contributed by atoms with van der Waals surface area (Å²) in [5.41, 5.74) is 0.956. The van der Waals surface area contributed by atoms with Crippen molar-refractivity contribution in [3.63, 3.8) is 0 Å². The van der Waals surface area contributed by atoms with E-state index >= 15 is 0 Å². The van der Waals surface area contributed by atoms with E-state index in [2.05, 4.69) is 12.1 Å². The van der Waals surface area contributed by atoms with E-state index in [-0.39, 0.29) is 11.9 Å². The van der Waals surface area contributed by atoms with Crippen LogP contribution in [0.15, 0.2) is 12.1 Å². The van der Waals surface area contributed by atoms with E-state index in [4.69, 9.17) is 4.74 Å². The zero-order valence-electron chi connectivity index (χ0n) is 6.76. The van der Waals surface area contributed by atoms with Crippen LogP contribution in [0.3, 0.4) is 0 Å². The normalized spacial score (nSPS) is 20.8. The molecule has 60 valence electrons. The minimum absolute atomic E-state index is 0.158. The van der Waals surface area contributed by atoms with Crippen molar-refractivity contribution in [3.8, 4) is 5.75 Å². The second-order valence-electron chi connectivity index (χ2n) is 2.96. The van der Waals surface area contributed by atoms with Crippen molar-refractivity contribution in [1.82, 2.24) is 0 Å². The third kappa shape index (κ3) is 1.04. The highest BCUT2D eigenvalue weighted by molar-refractivity contribution is 5.76. The lowest BCUT2D eigenvalue weighted by Gasteiger charge is -2.18. The number of carbonyl (C=O) groups is 1. The quantitative estimate of drug-likeness (QED) is 0.540. The highest BCUT2D eigenvalue weighted by atomic mass is 16.5. The van der Waals surface area contributed by atoms with Gasteiger partial charge in [0.25, 0.3) is 0 Å². The summed E-state index contributed by atoms with van der Waals surface area (Å²) < 4.78 is 5.01. The van der Waals surface area contributed by atoms with Crippen LogP contribution in [0, 0.1) is 12.1 Å². The number of hydrogen-bond acceptors (Lipinski definition) is 2. The molecule has 0 bridgehead atoms. The second-order valence-corrected chi connectivity index (χ2v) is 2.96. The molecule has 2 heteroatoms. The molecular weight excluding hydrogens is 152 g/mol. The SMILES string of the molecule is CC1CC(=O)Oc2ccc#cc21. The van der Waals surface area contributed by atoms with E-state index in [9.17, 15) is 4.79 Å². The van der Waals surface area contributed by atoms with Gasteiger partial charge in [0.05, 0.1) is 6.42 Å². The summed E-state index contributed by atoms with van der Waals surface area (Å²) in [7, 11) is 0. The van der Waals surface area contributed by atoms with Gasteiger partial charge < -0.3 is 4.74 Å². The number of rotatable bonds is 0. The fraction of sp³-hybridized carbons (Fsp3) is 0.300. The zero-order chi connectivity index (χ0) is 8.55. The first-order valence-electron chi connectivity index (χ1n) is 3.90. The fourth-order valence-corrected chi connectivity index (χ4v) is 1.36. The number of hydrogen-bond donors (Lipinski definition) is 0. The molecule has 1 atom stereocenters. The van der Waals surface area contributed by atoms with Crippen LogP contribution in [0.2, 0.25) is 0 Å². The first-order valence-corrected chi connectivity index (χ1v) is 3.90. The van der Waals surface area contributed by atoms with Crippen LogP contribution in [0.25, 0.3) is 0 Å². The summed E-state index contributed by atoms with van der Waals surface area (Å²) in [6.07, 6.45) is 0.446. The number of fused-ring (bicyclic) bond motifs is 1. The van der Waals surface area contributed by atoms with Crippen LogP contribution < -0.4 is 4.74 Å². The first-order chi connectivity index (χ1) is 5.77. The molecule has 2 nitrogen and oxygen atoms in total. The number of ether oxygens (including phenoxy) is 1. The summed E-state index contributed by atoms with van der Waals surface area (Å²) in [6.45, 7) is 1.99. The maximum absolute atomic E-state index is 11.0. The average Bonchev–Trinajstić information content (AvgIpc) is 2.04. The monoisotopic (exact) mass is 160 g/mol. The van der Waals surface area contributed by atoms with Crippen LogP contribution in [0.1, 0.15) is 24.8 Å². The molecule has 1 aliphatic heterocycles. The van der Waals surface area contributed by atoms with Gasteiger partial charge in [-0.1, -0.05) is 19.1 Å². The standard InChI is InChI=1S/C10H8O2/c1-7-6-10(11)12-9-5-3-2-4-8(7)9/h3,5,7H,6H2,1H3. The molecule has 2 rings (SSSR count). The molecule has 1 aromatic carbocycles. The van der Waals surface area contributed by atoms with Gasteiger partial charge in [0.1, 0.15) is 5.75 Å². The van der Waals surface area contributed by atoms with Crippen molar-refractivity contribution in [2.75, 3.05) is 0 Å². The largest absolute Gasteiger partial charge is 0.425 e. The number of carbonyl (C=O) groups excluding carboxylic acids is 1. The molecule has 1 heterocycles. The van der Waals surface area contributed by atoms with Crippen molar-refractivity contribution in [2.24, 2.45) is 0 Å². The minimum atomic E-state index is -0.158. The van der Waals surface area contributed by atoms with Crippen LogP contribution in [-0.2, 0) is 4.79 Å². The Morgan fingerprint density at radius 3 is 3.33 bits per heavy atom. The topological polar surface area (TPSA) is 26.3 Å². The van der Waals surface area contributed by atoms with E-state index in [1.54, 1.807) is 12.1 Å². The minimum Gasteiger partial charge on any atom is -0.425 e. The molecule has 0 aliphatic carbocycles. The molecule has 0 saturated carbocycles. The molecular formula is C10H8O2. The summed E-state index contributed by atoms with van der Waals surface area (Å²) in [6, 6.07) is 9.25. The molecule has 0 amide bonds. The molecule has 0 spiro atoms. The third-order valence-electron chi connectivity index (χ3n) is 1.98. The second kappa shape index (κ2) is 2.53. The third-order valence-corrected chi connectivity index (χ3v) is 1.98. The van der Waals surface area contributed by atoms with Gasteiger partial charge in [-0.3, -0.25) is 4.79 Å². The van der Waals surface area contributed by atoms with Crippen molar-refractivity contribution in [2.45, 2.75) is 19.3 Å². The average molecular weight is 160 g/mol. The summed E-state index contributed by atoms with van der Waals surface area (Å²) in [5, 5.41) is 0. The van der Waals surface area contributed by atoms with Gasteiger partial charge in [-0.2, -0.15) is 0 Å². The predicted octanol–water partition coefficient (Wildman–Crippen LogP) is 1.70. The number of esters is 1.